The first-order valence-corrected chi connectivity index (χ1v) is 15.0. The van der Waals surface area contributed by atoms with Crippen LogP contribution < -0.4 is 10.6 Å². The fraction of sp³-hybridized carbons (Fsp3) is 0.429. The third-order valence-electron chi connectivity index (χ3n) is 5.83. The van der Waals surface area contributed by atoms with E-state index in [0.717, 1.165) is 5.56 Å². The van der Waals surface area contributed by atoms with E-state index in [9.17, 15) is 19.2 Å². The van der Waals surface area contributed by atoms with Gasteiger partial charge in [0.15, 0.2) is 0 Å². The van der Waals surface area contributed by atoms with Crippen molar-refractivity contribution in [2.75, 3.05) is 36.1 Å². The molecular formula is C28H35N3O6S2. The van der Waals surface area contributed by atoms with E-state index in [2.05, 4.69) is 10.6 Å². The topological polar surface area (TPSA) is 114 Å². The highest BCUT2D eigenvalue weighted by molar-refractivity contribution is 7.99. The maximum atomic E-state index is 13.3. The molecule has 1 saturated heterocycles. The Morgan fingerprint density at radius 1 is 1.13 bits per heavy atom. The van der Waals surface area contributed by atoms with Gasteiger partial charge in [-0.2, -0.15) is 11.8 Å². The summed E-state index contributed by atoms with van der Waals surface area (Å²) in [6, 6.07) is 12.8. The van der Waals surface area contributed by atoms with Crippen molar-refractivity contribution in [3.8, 4) is 11.1 Å². The maximum absolute atomic E-state index is 13.3. The first-order valence-electron chi connectivity index (χ1n) is 12.5. The van der Waals surface area contributed by atoms with E-state index in [-0.39, 0.29) is 5.91 Å². The summed E-state index contributed by atoms with van der Waals surface area (Å²) in [4.78, 5) is 52.9. The van der Waals surface area contributed by atoms with Crippen molar-refractivity contribution in [2.45, 2.75) is 44.9 Å². The van der Waals surface area contributed by atoms with Crippen LogP contribution in [0.2, 0.25) is 0 Å². The number of thioether (sulfide) groups is 2. The molecule has 1 fully saturated rings. The fourth-order valence-corrected chi connectivity index (χ4v) is 5.54. The number of benzene rings is 2. The molecule has 0 aromatic heterocycles. The zero-order valence-electron chi connectivity index (χ0n) is 22.8. The lowest BCUT2D eigenvalue weighted by Gasteiger charge is -2.27. The van der Waals surface area contributed by atoms with Crippen molar-refractivity contribution in [1.82, 2.24) is 10.2 Å². The van der Waals surface area contributed by atoms with E-state index in [1.54, 1.807) is 50.7 Å². The van der Waals surface area contributed by atoms with Gasteiger partial charge in [0.25, 0.3) is 5.91 Å². The second-order valence-electron chi connectivity index (χ2n) is 9.91. The molecule has 3 rings (SSSR count). The summed E-state index contributed by atoms with van der Waals surface area (Å²) in [7, 11) is 1.29. The molecule has 0 spiro atoms. The van der Waals surface area contributed by atoms with E-state index in [0.29, 0.717) is 40.6 Å². The second-order valence-corrected chi connectivity index (χ2v) is 11.9. The maximum Gasteiger partial charge on any atom is 0.411 e. The summed E-state index contributed by atoms with van der Waals surface area (Å²) >= 11 is 3.05. The molecule has 1 heterocycles. The van der Waals surface area contributed by atoms with Gasteiger partial charge >= 0.3 is 12.1 Å². The van der Waals surface area contributed by atoms with Crippen molar-refractivity contribution in [1.29, 1.82) is 0 Å². The quantitative estimate of drug-likeness (QED) is 0.418. The Morgan fingerprint density at radius 3 is 2.49 bits per heavy atom. The third kappa shape index (κ3) is 8.40. The highest BCUT2D eigenvalue weighted by atomic mass is 32.2. The van der Waals surface area contributed by atoms with Gasteiger partial charge in [-0.3, -0.25) is 14.5 Å². The Labute approximate surface area is 237 Å². The minimum absolute atomic E-state index is 0.343. The first kappa shape index (κ1) is 30.4. The van der Waals surface area contributed by atoms with Gasteiger partial charge in [0.05, 0.1) is 13.0 Å². The molecular weight excluding hydrogens is 538 g/mol. The second kappa shape index (κ2) is 13.7. The van der Waals surface area contributed by atoms with Crippen LogP contribution in [0.4, 0.5) is 10.5 Å². The van der Waals surface area contributed by atoms with Gasteiger partial charge in [-0.05, 0) is 68.5 Å². The van der Waals surface area contributed by atoms with Crippen LogP contribution in [0, 0.1) is 0 Å². The summed E-state index contributed by atoms with van der Waals surface area (Å²) < 4.78 is 10.3. The number of ether oxygens (including phenoxy) is 2. The zero-order valence-corrected chi connectivity index (χ0v) is 24.4. The molecule has 0 bridgehead atoms. The number of amides is 3. The molecule has 2 aromatic rings. The Kier molecular flexibility index (Phi) is 10.7. The van der Waals surface area contributed by atoms with Crippen LogP contribution in [0.5, 0.6) is 0 Å². The van der Waals surface area contributed by atoms with E-state index in [1.807, 2.05) is 36.6 Å². The van der Waals surface area contributed by atoms with Gasteiger partial charge in [0.2, 0.25) is 5.91 Å². The van der Waals surface area contributed by atoms with E-state index >= 15 is 0 Å². The van der Waals surface area contributed by atoms with Crippen LogP contribution in [0.15, 0.2) is 48.5 Å². The summed E-state index contributed by atoms with van der Waals surface area (Å²) in [5, 5.41) is 5.69. The number of methoxy groups -OCH3 is 1. The van der Waals surface area contributed by atoms with Crippen LogP contribution >= 0.6 is 23.5 Å². The highest BCUT2D eigenvalue weighted by Gasteiger charge is 2.37. The van der Waals surface area contributed by atoms with Crippen LogP contribution in [0.25, 0.3) is 11.1 Å². The van der Waals surface area contributed by atoms with Gasteiger partial charge in [0.1, 0.15) is 17.7 Å². The average molecular weight is 574 g/mol. The molecule has 9 nitrogen and oxygen atoms in total. The first-order chi connectivity index (χ1) is 18.5. The summed E-state index contributed by atoms with van der Waals surface area (Å²) in [6.45, 7) is 5.34. The summed E-state index contributed by atoms with van der Waals surface area (Å²) in [5.41, 5.74) is 1.51. The number of nitrogens with zero attached hydrogens (tertiary/aromatic N) is 1. The number of hydrogen-bond acceptors (Lipinski definition) is 8. The number of anilines is 1. The molecule has 0 radical (unpaired) electrons. The SMILES string of the molecule is COC(=O)C(CCSC)NC(=O)c1ccc(NC(=O)[C@@H]2CSCN2C(=O)OC(C)(C)C)cc1-c1ccccc1. The minimum Gasteiger partial charge on any atom is -0.467 e. The minimum atomic E-state index is -0.781. The largest absolute Gasteiger partial charge is 0.467 e. The van der Waals surface area contributed by atoms with Crippen molar-refractivity contribution < 1.29 is 28.7 Å². The van der Waals surface area contributed by atoms with Gasteiger partial charge in [0, 0.05) is 17.0 Å². The van der Waals surface area contributed by atoms with E-state index < -0.39 is 35.7 Å². The Bertz CT molecular complexity index is 1190. The molecule has 0 aliphatic carbocycles. The summed E-state index contributed by atoms with van der Waals surface area (Å²) in [5.74, 6) is 0.209. The Hall–Kier alpha value is -3.18. The lowest BCUT2D eigenvalue weighted by atomic mass is 9.98. The van der Waals surface area contributed by atoms with Crippen LogP contribution in [-0.2, 0) is 19.1 Å². The number of rotatable bonds is 9. The van der Waals surface area contributed by atoms with Gasteiger partial charge in [-0.15, -0.1) is 11.8 Å². The lowest BCUT2D eigenvalue weighted by Crippen LogP contribution is -2.46. The zero-order chi connectivity index (χ0) is 28.6. The normalized spacial score (nSPS) is 15.8. The molecule has 1 unspecified atom stereocenters. The smallest absolute Gasteiger partial charge is 0.411 e. The van der Waals surface area contributed by atoms with Crippen molar-refractivity contribution in [2.24, 2.45) is 0 Å². The third-order valence-corrected chi connectivity index (χ3v) is 7.49. The molecule has 2 N–H and O–H groups in total. The molecule has 1 aliphatic heterocycles. The molecule has 2 atom stereocenters. The van der Waals surface area contributed by atoms with Gasteiger partial charge in [-0.25, -0.2) is 9.59 Å². The molecule has 210 valence electrons. The number of hydrogen-bond donors (Lipinski definition) is 2. The average Bonchev–Trinajstić information content (AvgIpc) is 3.40. The molecule has 1 aliphatic rings. The van der Waals surface area contributed by atoms with Crippen molar-refractivity contribution in [3.63, 3.8) is 0 Å². The van der Waals surface area contributed by atoms with Crippen molar-refractivity contribution in [3.05, 3.63) is 54.1 Å². The van der Waals surface area contributed by atoms with E-state index in [1.165, 1.54) is 23.8 Å². The molecule has 3 amide bonds. The summed E-state index contributed by atoms with van der Waals surface area (Å²) in [6.07, 6.45) is 1.82. The standard InChI is InChI=1S/C28H35N3O6S2/c1-28(2,3)37-27(35)31-17-39-16-23(31)25(33)29-19-11-12-20(21(15-19)18-9-7-6-8-10-18)24(32)30-22(13-14-38-5)26(34)36-4/h6-12,15,22-23H,13-14,16-17H2,1-5H3,(H,29,33)(H,30,32)/t22?,23-/m0/s1. The molecule has 39 heavy (non-hydrogen) atoms. The van der Waals surface area contributed by atoms with Gasteiger partial charge < -0.3 is 20.1 Å². The Morgan fingerprint density at radius 2 is 1.85 bits per heavy atom. The highest BCUT2D eigenvalue weighted by Crippen LogP contribution is 2.29. The van der Waals surface area contributed by atoms with E-state index in [4.69, 9.17) is 9.47 Å². The van der Waals surface area contributed by atoms with Crippen LogP contribution in [-0.4, -0.2) is 77.2 Å². The Balaban J connectivity index is 1.85. The number of carbonyl (C=O) groups is 4. The lowest BCUT2D eigenvalue weighted by molar-refractivity contribution is -0.142. The van der Waals surface area contributed by atoms with Crippen LogP contribution in [0.3, 0.4) is 0 Å². The fourth-order valence-electron chi connectivity index (χ4n) is 3.93. The predicted molar refractivity (Wildman–Crippen MR) is 156 cm³/mol. The van der Waals surface area contributed by atoms with Crippen molar-refractivity contribution >= 4 is 53.1 Å². The number of nitrogens with one attached hydrogen (secondary N) is 2. The number of carbonyl (C=O) groups excluding carboxylic acids is 4. The number of esters is 1. The molecule has 0 saturated carbocycles. The molecule has 2 aromatic carbocycles. The molecule has 11 heteroatoms. The monoisotopic (exact) mass is 573 g/mol. The predicted octanol–water partition coefficient (Wildman–Crippen LogP) is 4.63. The van der Waals surface area contributed by atoms with Gasteiger partial charge in [-0.1, -0.05) is 30.3 Å². The van der Waals surface area contributed by atoms with Crippen LogP contribution in [0.1, 0.15) is 37.6 Å².